The average molecular weight is 234 g/mol. The third kappa shape index (κ3) is 9.23. The highest BCUT2D eigenvalue weighted by atomic mass is 32.1. The lowest BCUT2D eigenvalue weighted by Gasteiger charge is -2.15. The lowest BCUT2D eigenvalue weighted by Crippen LogP contribution is -2.45. The normalized spacial score (nSPS) is 11.6. The van der Waals surface area contributed by atoms with Gasteiger partial charge in [0, 0.05) is 26.2 Å². The fourth-order valence-electron chi connectivity index (χ4n) is 0.928. The molecule has 0 bridgehead atoms. The summed E-state index contributed by atoms with van der Waals surface area (Å²) in [7, 11) is 1.63. The number of hydrogen-bond donors (Lipinski definition) is 4. The van der Waals surface area contributed by atoms with Gasteiger partial charge in [-0.05, 0) is 19.1 Å². The molecule has 0 aromatic carbocycles. The molecule has 1 unspecified atom stereocenters. The Hall–Kier alpha value is -1.08. The van der Waals surface area contributed by atoms with Gasteiger partial charge in [0.05, 0.1) is 6.61 Å². The minimum atomic E-state index is -0.538. The number of rotatable bonds is 6. The number of primary amides is 1. The SMILES string of the molecule is COCC(C)NC(=S)NCCNC(N)=O. The van der Waals surface area contributed by atoms with Crippen molar-refractivity contribution in [2.24, 2.45) is 5.73 Å². The topological polar surface area (TPSA) is 88.4 Å². The van der Waals surface area contributed by atoms with Crippen molar-refractivity contribution in [2.45, 2.75) is 13.0 Å². The molecule has 0 aliphatic carbocycles. The first-order chi connectivity index (χ1) is 7.06. The number of urea groups is 1. The molecule has 1 atom stereocenters. The van der Waals surface area contributed by atoms with Crippen LogP contribution in [0, 0.1) is 0 Å². The fraction of sp³-hybridized carbons (Fsp3) is 0.750. The van der Waals surface area contributed by atoms with Crippen LogP contribution in [0.15, 0.2) is 0 Å². The summed E-state index contributed by atoms with van der Waals surface area (Å²) < 4.78 is 4.94. The van der Waals surface area contributed by atoms with Crippen LogP contribution in [0.1, 0.15) is 6.92 Å². The lowest BCUT2D eigenvalue weighted by atomic mass is 10.4. The van der Waals surface area contributed by atoms with Gasteiger partial charge in [-0.25, -0.2) is 4.79 Å². The minimum absolute atomic E-state index is 0.152. The van der Waals surface area contributed by atoms with E-state index < -0.39 is 6.03 Å². The van der Waals surface area contributed by atoms with Crippen molar-refractivity contribution in [3.8, 4) is 0 Å². The molecule has 0 aliphatic heterocycles. The zero-order chi connectivity index (χ0) is 11.7. The Morgan fingerprint density at radius 1 is 1.47 bits per heavy atom. The van der Waals surface area contributed by atoms with E-state index in [0.717, 1.165) is 0 Å². The van der Waals surface area contributed by atoms with E-state index in [1.165, 1.54) is 0 Å². The highest BCUT2D eigenvalue weighted by molar-refractivity contribution is 7.80. The second-order valence-electron chi connectivity index (χ2n) is 3.05. The summed E-state index contributed by atoms with van der Waals surface area (Å²) in [5.41, 5.74) is 4.89. The van der Waals surface area contributed by atoms with Gasteiger partial charge in [0.2, 0.25) is 0 Å². The maximum Gasteiger partial charge on any atom is 0.312 e. The van der Waals surface area contributed by atoms with E-state index in [2.05, 4.69) is 16.0 Å². The maximum atomic E-state index is 10.3. The molecular weight excluding hydrogens is 216 g/mol. The molecule has 0 fully saturated rings. The van der Waals surface area contributed by atoms with Crippen molar-refractivity contribution in [1.29, 1.82) is 0 Å². The third-order valence-electron chi connectivity index (χ3n) is 1.50. The second kappa shape index (κ2) is 8.25. The highest BCUT2D eigenvalue weighted by Gasteiger charge is 2.02. The monoisotopic (exact) mass is 234 g/mol. The van der Waals surface area contributed by atoms with Crippen LogP contribution in [0.4, 0.5) is 4.79 Å². The first kappa shape index (κ1) is 13.9. The molecule has 0 saturated carbocycles. The van der Waals surface area contributed by atoms with Gasteiger partial charge >= 0.3 is 6.03 Å². The number of amides is 2. The Kier molecular flexibility index (Phi) is 7.65. The molecule has 5 N–H and O–H groups in total. The largest absolute Gasteiger partial charge is 0.383 e. The highest BCUT2D eigenvalue weighted by Crippen LogP contribution is 1.81. The zero-order valence-electron chi connectivity index (χ0n) is 9.00. The Morgan fingerprint density at radius 2 is 2.07 bits per heavy atom. The number of hydrogen-bond acceptors (Lipinski definition) is 3. The van der Waals surface area contributed by atoms with Gasteiger partial charge in [0.1, 0.15) is 0 Å². The number of methoxy groups -OCH3 is 1. The summed E-state index contributed by atoms with van der Waals surface area (Å²) in [5.74, 6) is 0. The van der Waals surface area contributed by atoms with E-state index in [1.807, 2.05) is 6.92 Å². The van der Waals surface area contributed by atoms with Crippen LogP contribution >= 0.6 is 12.2 Å². The summed E-state index contributed by atoms with van der Waals surface area (Å²) in [6.45, 7) is 3.52. The summed E-state index contributed by atoms with van der Waals surface area (Å²) in [4.78, 5) is 10.3. The first-order valence-electron chi connectivity index (χ1n) is 4.63. The standard InChI is InChI=1S/C8H18N4O2S/c1-6(5-14-2)12-8(15)11-4-3-10-7(9)13/h6H,3-5H2,1-2H3,(H3,9,10,13)(H2,11,12,15). The molecule has 88 valence electrons. The third-order valence-corrected chi connectivity index (χ3v) is 1.77. The Labute approximate surface area is 94.9 Å². The summed E-state index contributed by atoms with van der Waals surface area (Å²) >= 11 is 5.00. The van der Waals surface area contributed by atoms with Crippen molar-refractivity contribution in [1.82, 2.24) is 16.0 Å². The van der Waals surface area contributed by atoms with Crippen LogP contribution in [-0.4, -0.2) is 44.0 Å². The number of thiocarbonyl (C=S) groups is 1. The summed E-state index contributed by atoms with van der Waals surface area (Å²) in [6.07, 6.45) is 0. The van der Waals surface area contributed by atoms with Crippen LogP contribution in [0.2, 0.25) is 0 Å². The molecule has 6 nitrogen and oxygen atoms in total. The fourth-order valence-corrected chi connectivity index (χ4v) is 1.23. The van der Waals surface area contributed by atoms with E-state index in [1.54, 1.807) is 7.11 Å². The second-order valence-corrected chi connectivity index (χ2v) is 3.46. The predicted molar refractivity (Wildman–Crippen MR) is 62.7 cm³/mol. The maximum absolute atomic E-state index is 10.3. The van der Waals surface area contributed by atoms with E-state index in [9.17, 15) is 4.79 Å². The van der Waals surface area contributed by atoms with E-state index in [0.29, 0.717) is 24.8 Å². The van der Waals surface area contributed by atoms with Crippen molar-refractivity contribution < 1.29 is 9.53 Å². The van der Waals surface area contributed by atoms with E-state index in [4.69, 9.17) is 22.7 Å². The quantitative estimate of drug-likeness (QED) is 0.355. The van der Waals surface area contributed by atoms with Crippen molar-refractivity contribution in [2.75, 3.05) is 26.8 Å². The number of ether oxygens (including phenoxy) is 1. The molecule has 15 heavy (non-hydrogen) atoms. The Bertz CT molecular complexity index is 213. The molecule has 0 aromatic rings. The molecule has 0 spiro atoms. The van der Waals surface area contributed by atoms with E-state index in [-0.39, 0.29) is 6.04 Å². The predicted octanol–water partition coefficient (Wildman–Crippen LogP) is -0.846. The molecule has 0 aromatic heterocycles. The first-order valence-corrected chi connectivity index (χ1v) is 5.03. The molecule has 2 amide bonds. The molecule has 7 heteroatoms. The molecule has 0 heterocycles. The number of nitrogens with two attached hydrogens (primary N) is 1. The van der Waals surface area contributed by atoms with Gasteiger partial charge < -0.3 is 26.4 Å². The van der Waals surface area contributed by atoms with Gasteiger partial charge in [-0.15, -0.1) is 0 Å². The molecule has 0 aliphatic rings. The lowest BCUT2D eigenvalue weighted by molar-refractivity contribution is 0.179. The zero-order valence-corrected chi connectivity index (χ0v) is 9.82. The van der Waals surface area contributed by atoms with Crippen molar-refractivity contribution >= 4 is 23.4 Å². The van der Waals surface area contributed by atoms with Gasteiger partial charge in [0.15, 0.2) is 5.11 Å². The van der Waals surface area contributed by atoms with Crippen LogP contribution in [-0.2, 0) is 4.74 Å². The molecule has 0 rings (SSSR count). The van der Waals surface area contributed by atoms with Gasteiger partial charge in [-0.3, -0.25) is 0 Å². The van der Waals surface area contributed by atoms with Crippen LogP contribution in [0.25, 0.3) is 0 Å². The van der Waals surface area contributed by atoms with Gasteiger partial charge in [0.25, 0.3) is 0 Å². The van der Waals surface area contributed by atoms with Gasteiger partial charge in [-0.2, -0.15) is 0 Å². The Morgan fingerprint density at radius 3 is 2.60 bits per heavy atom. The molecular formula is C8H18N4O2S. The molecule has 0 radical (unpaired) electrons. The smallest absolute Gasteiger partial charge is 0.312 e. The van der Waals surface area contributed by atoms with E-state index >= 15 is 0 Å². The van der Waals surface area contributed by atoms with Gasteiger partial charge in [-0.1, -0.05) is 0 Å². The van der Waals surface area contributed by atoms with Crippen molar-refractivity contribution in [3.63, 3.8) is 0 Å². The number of nitrogens with one attached hydrogen (secondary N) is 3. The van der Waals surface area contributed by atoms with Crippen LogP contribution in [0.5, 0.6) is 0 Å². The summed E-state index contributed by atoms with van der Waals surface area (Å²) in [6, 6.07) is -0.387. The average Bonchev–Trinajstić information content (AvgIpc) is 2.12. The summed E-state index contributed by atoms with van der Waals surface area (Å²) in [5, 5.41) is 8.92. The Balaban J connectivity index is 3.44. The minimum Gasteiger partial charge on any atom is -0.383 e. The van der Waals surface area contributed by atoms with Crippen LogP contribution in [0.3, 0.4) is 0 Å². The number of carbonyl (C=O) groups excluding carboxylic acids is 1. The number of carbonyl (C=O) groups is 1. The molecule has 0 saturated heterocycles. The van der Waals surface area contributed by atoms with Crippen LogP contribution < -0.4 is 21.7 Å². The van der Waals surface area contributed by atoms with Crippen molar-refractivity contribution in [3.05, 3.63) is 0 Å².